The molecular formula is C91H156O16P2. The van der Waals surface area contributed by atoms with Crippen LogP contribution in [0.25, 0.3) is 0 Å². The summed E-state index contributed by atoms with van der Waals surface area (Å²) in [5.74, 6) is -1.58. The summed E-state index contributed by atoms with van der Waals surface area (Å²) in [7, 11) is -9.80. The van der Waals surface area contributed by atoms with Crippen molar-refractivity contribution in [3.05, 3.63) is 146 Å². The lowest BCUT2D eigenvalue weighted by Crippen LogP contribution is -2.30. The number of hydrogen-bond acceptors (Lipinski definition) is 14. The second kappa shape index (κ2) is 82.9. The molecule has 0 bridgehead atoms. The molecular weight excluding hydrogens is 1410 g/mol. The number of rotatable bonds is 81. The molecule has 0 aliphatic rings. The molecule has 0 spiro atoms. The zero-order chi connectivity index (χ0) is 79.4. The highest BCUT2D eigenvalue weighted by molar-refractivity contribution is 7.47. The van der Waals surface area contributed by atoms with Gasteiger partial charge in [0, 0.05) is 19.3 Å². The van der Waals surface area contributed by atoms with Crippen molar-refractivity contribution in [3.63, 3.8) is 0 Å². The van der Waals surface area contributed by atoms with E-state index in [1.807, 2.05) is 0 Å². The molecule has 16 nitrogen and oxygen atoms in total. The minimum atomic E-state index is -4.94. The van der Waals surface area contributed by atoms with Crippen LogP contribution in [-0.2, 0) is 55.8 Å². The number of phosphoric acid groups is 2. The molecule has 0 fully saturated rings. The predicted molar refractivity (Wildman–Crippen MR) is 454 cm³/mol. The highest BCUT2D eigenvalue weighted by atomic mass is 31.2. The Kier molecular flexibility index (Phi) is 79.4. The number of aliphatic hydroxyl groups excluding tert-OH is 2. The Labute approximate surface area is 664 Å². The molecule has 0 aromatic heterocycles. The van der Waals surface area contributed by atoms with Crippen LogP contribution in [0.2, 0.25) is 0 Å². The maximum Gasteiger partial charge on any atom is 0.472 e. The second-order valence-corrected chi connectivity index (χ2v) is 31.5. The standard InChI is InChI=1S/C91H156O16P2/c1-4-7-10-13-16-19-22-25-28-31-33-35-37-39-41-42-44-46-47-49-51-54-56-59-62-65-68-71-74-77-89(94)101-80-86(92)81-103-108(97,98)104-82-87(93)83-105-109(99,100)106-85-88(107-91(96)79-76-73-70-67-64-61-58-53-30-27-24-21-18-15-12-9-6-3)84-102-90(95)78-75-72-69-66-63-60-57-55-52-50-48-45-43-40-38-36-34-32-29-26-23-20-17-14-11-8-5-2/h7,9-10,12,16-21,25-30,33-36,39-41,43,86-88,92-93H,4-6,8,11,13-15,22-24,31-32,37-38,42,44-85H2,1-3H3,(H,97,98)(H,99,100)/b10-7-,12-9-,19-16-,20-17-,21-18-,28-25-,29-26-,30-27-,35-33-,36-34-,41-39-,43-40-. The van der Waals surface area contributed by atoms with Crippen molar-refractivity contribution in [2.24, 2.45) is 0 Å². The van der Waals surface area contributed by atoms with Crippen LogP contribution in [0, 0.1) is 0 Å². The topological polar surface area (TPSA) is 231 Å². The zero-order valence-electron chi connectivity index (χ0n) is 68.7. The molecule has 4 N–H and O–H groups in total. The van der Waals surface area contributed by atoms with Crippen LogP contribution in [0.3, 0.4) is 0 Å². The lowest BCUT2D eigenvalue weighted by atomic mass is 10.0. The summed E-state index contributed by atoms with van der Waals surface area (Å²) in [5, 5.41) is 20.7. The van der Waals surface area contributed by atoms with Crippen LogP contribution in [0.15, 0.2) is 146 Å². The van der Waals surface area contributed by atoms with Crippen LogP contribution in [0.5, 0.6) is 0 Å². The number of aliphatic hydroxyl groups is 2. The van der Waals surface area contributed by atoms with Gasteiger partial charge in [0.05, 0.1) is 26.4 Å². The Bertz CT molecular complexity index is 2560. The number of esters is 3. The monoisotopic (exact) mass is 1570 g/mol. The smallest absolute Gasteiger partial charge is 0.463 e. The third kappa shape index (κ3) is 84.2. The van der Waals surface area contributed by atoms with E-state index in [1.54, 1.807) is 0 Å². The Morgan fingerprint density at radius 2 is 0.486 bits per heavy atom. The number of allylic oxidation sites excluding steroid dienone is 24. The normalized spacial score (nSPS) is 14.6. The molecule has 5 atom stereocenters. The quantitative estimate of drug-likeness (QED) is 0.0146. The number of carbonyl (C=O) groups is 3. The molecule has 18 heteroatoms. The van der Waals surface area contributed by atoms with Gasteiger partial charge in [-0.15, -0.1) is 0 Å². The van der Waals surface area contributed by atoms with E-state index in [4.69, 9.17) is 32.3 Å². The second-order valence-electron chi connectivity index (χ2n) is 28.6. The van der Waals surface area contributed by atoms with Crippen molar-refractivity contribution in [3.8, 4) is 0 Å². The first kappa shape index (κ1) is 104. The predicted octanol–water partition coefficient (Wildman–Crippen LogP) is 26.0. The van der Waals surface area contributed by atoms with E-state index in [0.29, 0.717) is 19.3 Å². The molecule has 5 unspecified atom stereocenters. The Morgan fingerprint density at radius 3 is 0.771 bits per heavy atom. The summed E-state index contributed by atoms with van der Waals surface area (Å²) in [6, 6.07) is 0. The van der Waals surface area contributed by atoms with Gasteiger partial charge in [-0.2, -0.15) is 0 Å². The fourth-order valence-corrected chi connectivity index (χ4v) is 13.1. The molecule has 0 heterocycles. The zero-order valence-corrected chi connectivity index (χ0v) is 70.5. The number of carbonyl (C=O) groups excluding carboxylic acids is 3. The summed E-state index contributed by atoms with van der Waals surface area (Å²) in [6.45, 7) is 2.45. The lowest BCUT2D eigenvalue weighted by molar-refractivity contribution is -0.161. The summed E-state index contributed by atoms with van der Waals surface area (Å²) in [5.41, 5.74) is 0. The first-order valence-electron chi connectivity index (χ1n) is 43.1. The lowest BCUT2D eigenvalue weighted by Gasteiger charge is -2.21. The maximum absolute atomic E-state index is 13.0. The van der Waals surface area contributed by atoms with E-state index >= 15 is 0 Å². The number of hydrogen-bond donors (Lipinski definition) is 4. The van der Waals surface area contributed by atoms with Crippen molar-refractivity contribution in [1.82, 2.24) is 0 Å². The van der Waals surface area contributed by atoms with E-state index in [2.05, 4.69) is 167 Å². The van der Waals surface area contributed by atoms with Crippen molar-refractivity contribution in [1.29, 1.82) is 0 Å². The van der Waals surface area contributed by atoms with E-state index in [1.165, 1.54) is 122 Å². The van der Waals surface area contributed by atoms with Gasteiger partial charge in [-0.3, -0.25) is 32.5 Å². The largest absolute Gasteiger partial charge is 0.472 e. The van der Waals surface area contributed by atoms with Gasteiger partial charge in [0.25, 0.3) is 0 Å². The first-order chi connectivity index (χ1) is 53.2. The van der Waals surface area contributed by atoms with Gasteiger partial charge >= 0.3 is 33.6 Å². The molecule has 0 radical (unpaired) electrons. The molecule has 0 aromatic rings. The summed E-state index contributed by atoms with van der Waals surface area (Å²) < 4.78 is 61.3. The Hall–Kier alpha value is -4.57. The van der Waals surface area contributed by atoms with Crippen LogP contribution >= 0.6 is 15.6 Å². The van der Waals surface area contributed by atoms with Gasteiger partial charge in [-0.05, 0) is 141 Å². The third-order valence-corrected chi connectivity index (χ3v) is 19.9. The van der Waals surface area contributed by atoms with Gasteiger partial charge < -0.3 is 34.2 Å². The third-order valence-electron chi connectivity index (χ3n) is 18.0. The minimum absolute atomic E-state index is 0.0903. The molecule has 0 aliphatic heterocycles. The highest BCUT2D eigenvalue weighted by Gasteiger charge is 2.29. The van der Waals surface area contributed by atoms with E-state index in [-0.39, 0.29) is 19.3 Å². The maximum atomic E-state index is 13.0. The van der Waals surface area contributed by atoms with Gasteiger partial charge in [-0.1, -0.05) is 340 Å². The van der Waals surface area contributed by atoms with Gasteiger partial charge in [0.2, 0.25) is 0 Å². The molecule has 0 saturated heterocycles. The van der Waals surface area contributed by atoms with Crippen molar-refractivity contribution in [2.45, 2.75) is 373 Å². The summed E-state index contributed by atoms with van der Waals surface area (Å²) in [6.07, 6.45) is 103. The van der Waals surface area contributed by atoms with Gasteiger partial charge in [0.15, 0.2) is 6.10 Å². The van der Waals surface area contributed by atoms with E-state index < -0.39 is 91.5 Å². The highest BCUT2D eigenvalue weighted by Crippen LogP contribution is 2.45. The van der Waals surface area contributed by atoms with Crippen LogP contribution in [0.4, 0.5) is 0 Å². The van der Waals surface area contributed by atoms with E-state index in [9.17, 15) is 43.5 Å². The average Bonchev–Trinajstić information content (AvgIpc) is 0.902. The van der Waals surface area contributed by atoms with Crippen molar-refractivity contribution < 1.29 is 75.8 Å². The molecule has 0 rings (SSSR count). The van der Waals surface area contributed by atoms with Crippen molar-refractivity contribution in [2.75, 3.05) is 39.6 Å². The number of phosphoric ester groups is 2. The molecule has 0 aliphatic carbocycles. The summed E-state index contributed by atoms with van der Waals surface area (Å²) in [4.78, 5) is 58.9. The molecule has 0 saturated carbocycles. The number of unbranched alkanes of at least 4 members (excludes halogenated alkanes) is 34. The van der Waals surface area contributed by atoms with E-state index in [0.717, 1.165) is 173 Å². The number of ether oxygens (including phenoxy) is 3. The van der Waals surface area contributed by atoms with Gasteiger partial charge in [-0.25, -0.2) is 9.13 Å². The molecule has 626 valence electrons. The SMILES string of the molecule is CC/C=C\C/C=C\C/C=C\C/C=C\C/C=C\CCCCCCCCCCCCCCCC(=O)OCC(O)COP(=O)(O)OCC(O)COP(=O)(O)OCC(COC(=O)CCCCCCCCCCCCC/C=C\C/C=C\C/C=C\C/C=C\CCCCC)OC(=O)CCCCCCCCC/C=C\C/C=C\C/C=C\CC. The minimum Gasteiger partial charge on any atom is -0.463 e. The van der Waals surface area contributed by atoms with Crippen LogP contribution < -0.4 is 0 Å². The molecule has 0 aromatic carbocycles. The Morgan fingerprint density at radius 1 is 0.266 bits per heavy atom. The molecule has 0 amide bonds. The molecule has 109 heavy (non-hydrogen) atoms. The van der Waals surface area contributed by atoms with Crippen LogP contribution in [-0.4, -0.2) is 95.9 Å². The average molecular weight is 1570 g/mol. The summed E-state index contributed by atoms with van der Waals surface area (Å²) >= 11 is 0. The Balaban J connectivity index is 4.56. The van der Waals surface area contributed by atoms with Crippen LogP contribution in [0.1, 0.15) is 355 Å². The van der Waals surface area contributed by atoms with Crippen molar-refractivity contribution >= 4 is 33.6 Å². The fourth-order valence-electron chi connectivity index (χ4n) is 11.5. The fraction of sp³-hybridized carbons (Fsp3) is 0.703. The first-order valence-corrected chi connectivity index (χ1v) is 46.1. The van der Waals surface area contributed by atoms with Gasteiger partial charge in [0.1, 0.15) is 25.4 Å².